The molecule has 1 saturated carbocycles. The molecule has 0 bridgehead atoms. The second-order valence-electron chi connectivity index (χ2n) is 5.87. The van der Waals surface area contributed by atoms with Crippen LogP contribution < -0.4 is 15.4 Å². The first kappa shape index (κ1) is 17.5. The molecule has 1 fully saturated rings. The Morgan fingerprint density at radius 3 is 2.79 bits per heavy atom. The van der Waals surface area contributed by atoms with Gasteiger partial charge in [0.2, 0.25) is 0 Å². The van der Waals surface area contributed by atoms with E-state index >= 15 is 0 Å². The minimum absolute atomic E-state index is 0.270. The van der Waals surface area contributed by atoms with Gasteiger partial charge in [0, 0.05) is 16.1 Å². The van der Waals surface area contributed by atoms with Crippen LogP contribution in [0.25, 0.3) is 10.1 Å². The van der Waals surface area contributed by atoms with Crippen LogP contribution in [-0.2, 0) is 0 Å². The number of benzene rings is 1. The molecular formula is C17H19ClN2O2S2. The topological polar surface area (TPSA) is 50.4 Å². The second kappa shape index (κ2) is 7.68. The monoisotopic (exact) mass is 382 g/mol. The van der Waals surface area contributed by atoms with Gasteiger partial charge in [-0.1, -0.05) is 30.9 Å². The Labute approximate surface area is 155 Å². The number of amides is 1. The molecule has 7 heteroatoms. The summed E-state index contributed by atoms with van der Waals surface area (Å²) in [6.07, 6.45) is 5.88. The van der Waals surface area contributed by atoms with Gasteiger partial charge in [0.15, 0.2) is 5.11 Å². The average molecular weight is 383 g/mol. The van der Waals surface area contributed by atoms with Crippen LogP contribution in [0, 0.1) is 0 Å². The van der Waals surface area contributed by atoms with Gasteiger partial charge in [-0.3, -0.25) is 10.1 Å². The van der Waals surface area contributed by atoms with Crippen LogP contribution in [-0.4, -0.2) is 24.2 Å². The quantitative estimate of drug-likeness (QED) is 0.767. The highest BCUT2D eigenvalue weighted by molar-refractivity contribution is 7.80. The summed E-state index contributed by atoms with van der Waals surface area (Å²) in [5, 5.41) is 7.66. The average Bonchev–Trinajstić information content (AvgIpc) is 2.92. The molecule has 4 nitrogen and oxygen atoms in total. The molecule has 0 aliphatic heterocycles. The van der Waals surface area contributed by atoms with Crippen molar-refractivity contribution in [1.29, 1.82) is 0 Å². The van der Waals surface area contributed by atoms with Gasteiger partial charge in [0.1, 0.15) is 10.6 Å². The van der Waals surface area contributed by atoms with Gasteiger partial charge in [-0.25, -0.2) is 0 Å². The van der Waals surface area contributed by atoms with Gasteiger partial charge in [0.25, 0.3) is 5.91 Å². The van der Waals surface area contributed by atoms with E-state index in [1.807, 2.05) is 18.2 Å². The van der Waals surface area contributed by atoms with Crippen molar-refractivity contribution in [3.8, 4) is 5.75 Å². The Morgan fingerprint density at radius 2 is 2.08 bits per heavy atom. The maximum absolute atomic E-state index is 12.5. The molecule has 0 spiro atoms. The van der Waals surface area contributed by atoms with Crippen LogP contribution in [0.15, 0.2) is 18.2 Å². The first-order valence-electron chi connectivity index (χ1n) is 7.96. The van der Waals surface area contributed by atoms with E-state index in [0.29, 0.717) is 21.1 Å². The van der Waals surface area contributed by atoms with Crippen molar-refractivity contribution in [2.24, 2.45) is 0 Å². The van der Waals surface area contributed by atoms with Gasteiger partial charge in [-0.05, 0) is 43.3 Å². The molecule has 0 radical (unpaired) electrons. The van der Waals surface area contributed by atoms with Crippen molar-refractivity contribution in [2.45, 2.75) is 38.1 Å². The van der Waals surface area contributed by atoms with E-state index in [0.717, 1.165) is 28.7 Å². The van der Waals surface area contributed by atoms with Crippen LogP contribution in [0.2, 0.25) is 5.02 Å². The number of hydrogen-bond acceptors (Lipinski definition) is 4. The Balaban J connectivity index is 1.71. The zero-order valence-electron chi connectivity index (χ0n) is 13.4. The summed E-state index contributed by atoms with van der Waals surface area (Å²) in [5.74, 6) is 0.468. The third-order valence-electron chi connectivity index (χ3n) is 4.21. The fraction of sp³-hybridized carbons (Fsp3) is 0.412. The maximum atomic E-state index is 12.5. The highest BCUT2D eigenvalue weighted by Crippen LogP contribution is 2.37. The number of carbonyl (C=O) groups excluding carboxylic acids is 1. The van der Waals surface area contributed by atoms with Crippen molar-refractivity contribution in [2.75, 3.05) is 7.11 Å². The fourth-order valence-electron chi connectivity index (χ4n) is 2.95. The minimum atomic E-state index is -0.270. The number of thiocarbonyl (C=S) groups is 1. The summed E-state index contributed by atoms with van der Waals surface area (Å²) in [7, 11) is 1.61. The molecule has 24 heavy (non-hydrogen) atoms. The normalized spacial score (nSPS) is 15.2. The van der Waals surface area contributed by atoms with E-state index in [1.165, 1.54) is 30.6 Å². The molecule has 0 atom stereocenters. The highest BCUT2D eigenvalue weighted by Gasteiger charge is 2.20. The molecule has 0 saturated heterocycles. The van der Waals surface area contributed by atoms with Crippen molar-refractivity contribution in [1.82, 2.24) is 10.6 Å². The third-order valence-corrected chi connectivity index (χ3v) is 6.09. The molecule has 1 aliphatic rings. The van der Waals surface area contributed by atoms with Gasteiger partial charge in [-0.15, -0.1) is 11.3 Å². The lowest BCUT2D eigenvalue weighted by atomic mass is 9.96. The number of thiophene rings is 1. The summed E-state index contributed by atoms with van der Waals surface area (Å²) in [6.45, 7) is 0. The molecule has 1 aromatic heterocycles. The van der Waals surface area contributed by atoms with Gasteiger partial charge >= 0.3 is 0 Å². The first-order valence-corrected chi connectivity index (χ1v) is 9.56. The number of carbonyl (C=O) groups is 1. The van der Waals surface area contributed by atoms with Crippen molar-refractivity contribution < 1.29 is 9.53 Å². The lowest BCUT2D eigenvalue weighted by Gasteiger charge is -2.24. The largest absolute Gasteiger partial charge is 0.497 e. The Kier molecular flexibility index (Phi) is 5.58. The first-order chi connectivity index (χ1) is 11.6. The summed E-state index contributed by atoms with van der Waals surface area (Å²) in [4.78, 5) is 13.0. The molecule has 128 valence electrons. The smallest absolute Gasteiger partial charge is 0.269 e. The van der Waals surface area contributed by atoms with Crippen LogP contribution in [0.3, 0.4) is 0 Å². The predicted molar refractivity (Wildman–Crippen MR) is 103 cm³/mol. The summed E-state index contributed by atoms with van der Waals surface area (Å²) in [5.41, 5.74) is 0. The number of ether oxygens (including phenoxy) is 1. The predicted octanol–water partition coefficient (Wildman–Crippen LogP) is 4.50. The van der Waals surface area contributed by atoms with Crippen LogP contribution in [0.1, 0.15) is 41.8 Å². The molecule has 1 aliphatic carbocycles. The maximum Gasteiger partial charge on any atom is 0.269 e. The number of nitrogens with one attached hydrogen (secondary N) is 2. The molecule has 2 N–H and O–H groups in total. The van der Waals surface area contributed by atoms with Gasteiger partial charge in [0.05, 0.1) is 12.1 Å². The van der Waals surface area contributed by atoms with Crippen molar-refractivity contribution in [3.05, 3.63) is 28.1 Å². The zero-order chi connectivity index (χ0) is 17.1. The number of methoxy groups -OCH3 is 1. The van der Waals surface area contributed by atoms with E-state index in [4.69, 9.17) is 28.6 Å². The zero-order valence-corrected chi connectivity index (χ0v) is 15.7. The van der Waals surface area contributed by atoms with Crippen molar-refractivity contribution in [3.63, 3.8) is 0 Å². The van der Waals surface area contributed by atoms with Crippen LogP contribution in [0.4, 0.5) is 0 Å². The van der Waals surface area contributed by atoms with E-state index < -0.39 is 0 Å². The van der Waals surface area contributed by atoms with Crippen LogP contribution in [0.5, 0.6) is 5.75 Å². The lowest BCUT2D eigenvalue weighted by molar-refractivity contribution is 0.0980. The molecule has 0 unspecified atom stereocenters. The molecule has 1 amide bonds. The molecular weight excluding hydrogens is 364 g/mol. The lowest BCUT2D eigenvalue weighted by Crippen LogP contribution is -2.44. The van der Waals surface area contributed by atoms with E-state index in [-0.39, 0.29) is 5.91 Å². The standard InChI is InChI=1S/C17H19ClN2O2S2/c1-22-11-7-8-12-13(9-11)24-15(14(12)18)16(21)20-17(23)19-10-5-3-2-4-6-10/h7-10H,2-6H2,1H3,(H2,19,20,21,23). The Bertz CT molecular complexity index is 769. The summed E-state index contributed by atoms with van der Waals surface area (Å²) < 4.78 is 6.13. The molecule has 1 aromatic carbocycles. The molecule has 2 aromatic rings. The van der Waals surface area contributed by atoms with Gasteiger partial charge < -0.3 is 10.1 Å². The number of hydrogen-bond donors (Lipinski definition) is 2. The Morgan fingerprint density at radius 1 is 1.33 bits per heavy atom. The highest BCUT2D eigenvalue weighted by atomic mass is 35.5. The number of rotatable bonds is 3. The van der Waals surface area contributed by atoms with Crippen molar-refractivity contribution >= 4 is 56.3 Å². The summed E-state index contributed by atoms with van der Waals surface area (Å²) in [6, 6.07) is 5.93. The second-order valence-corrected chi connectivity index (χ2v) is 7.71. The van der Waals surface area contributed by atoms with E-state index in [9.17, 15) is 4.79 Å². The Hall–Kier alpha value is -1.37. The van der Waals surface area contributed by atoms with E-state index in [2.05, 4.69) is 10.6 Å². The van der Waals surface area contributed by atoms with Gasteiger partial charge in [-0.2, -0.15) is 0 Å². The third kappa shape index (κ3) is 3.82. The fourth-order valence-corrected chi connectivity index (χ4v) is 4.65. The number of fused-ring (bicyclic) bond motifs is 1. The SMILES string of the molecule is COc1ccc2c(Cl)c(C(=O)NC(=S)NC3CCCCC3)sc2c1. The molecule has 3 rings (SSSR count). The molecule has 1 heterocycles. The summed E-state index contributed by atoms with van der Waals surface area (Å²) >= 11 is 13.0. The van der Waals surface area contributed by atoms with Crippen LogP contribution >= 0.6 is 35.2 Å². The van der Waals surface area contributed by atoms with E-state index in [1.54, 1.807) is 7.11 Å². The number of halogens is 1. The minimum Gasteiger partial charge on any atom is -0.497 e.